The van der Waals surface area contributed by atoms with E-state index in [0.717, 1.165) is 18.5 Å². The molecule has 0 aromatic heterocycles. The van der Waals surface area contributed by atoms with Crippen molar-refractivity contribution in [2.45, 2.75) is 71.3 Å². The standard InChI is InChI=1S/C15H29N/c1-4-16-15(11-9-13(2)3)12-10-14-7-5-6-8-14/h14-16H,2,4-12H2,1,3H3. The maximum atomic E-state index is 4.00. The number of hydrogen-bond donors (Lipinski definition) is 1. The molecule has 16 heavy (non-hydrogen) atoms. The number of hydrogen-bond acceptors (Lipinski definition) is 1. The molecule has 1 atom stereocenters. The van der Waals surface area contributed by atoms with Gasteiger partial charge in [-0.3, -0.25) is 0 Å². The van der Waals surface area contributed by atoms with Gasteiger partial charge < -0.3 is 5.32 Å². The van der Waals surface area contributed by atoms with Crippen LogP contribution in [0.4, 0.5) is 0 Å². The predicted molar refractivity (Wildman–Crippen MR) is 72.7 cm³/mol. The van der Waals surface area contributed by atoms with Crippen molar-refractivity contribution in [2.24, 2.45) is 5.92 Å². The van der Waals surface area contributed by atoms with E-state index in [9.17, 15) is 0 Å². The summed E-state index contributed by atoms with van der Waals surface area (Å²) in [6.45, 7) is 9.45. The Labute approximate surface area is 102 Å². The molecule has 1 rings (SSSR count). The van der Waals surface area contributed by atoms with Gasteiger partial charge in [0.2, 0.25) is 0 Å². The van der Waals surface area contributed by atoms with E-state index in [0.29, 0.717) is 0 Å². The highest BCUT2D eigenvalue weighted by atomic mass is 14.9. The van der Waals surface area contributed by atoms with E-state index >= 15 is 0 Å². The molecular formula is C15H29N. The van der Waals surface area contributed by atoms with Gasteiger partial charge in [0.05, 0.1) is 0 Å². The van der Waals surface area contributed by atoms with Crippen LogP contribution in [-0.2, 0) is 0 Å². The van der Waals surface area contributed by atoms with E-state index in [2.05, 4.69) is 25.7 Å². The van der Waals surface area contributed by atoms with E-state index < -0.39 is 0 Å². The van der Waals surface area contributed by atoms with Gasteiger partial charge in [0.15, 0.2) is 0 Å². The summed E-state index contributed by atoms with van der Waals surface area (Å²) in [5.41, 5.74) is 1.32. The summed E-state index contributed by atoms with van der Waals surface area (Å²) >= 11 is 0. The van der Waals surface area contributed by atoms with Crippen molar-refractivity contribution in [3.63, 3.8) is 0 Å². The van der Waals surface area contributed by atoms with Crippen molar-refractivity contribution < 1.29 is 0 Å². The van der Waals surface area contributed by atoms with Crippen LogP contribution in [0.1, 0.15) is 65.2 Å². The fraction of sp³-hybridized carbons (Fsp3) is 0.867. The molecule has 0 aromatic carbocycles. The molecule has 1 N–H and O–H groups in total. The van der Waals surface area contributed by atoms with E-state index in [4.69, 9.17) is 0 Å². The normalized spacial score (nSPS) is 18.9. The van der Waals surface area contributed by atoms with Gasteiger partial charge in [-0.2, -0.15) is 0 Å². The lowest BCUT2D eigenvalue weighted by molar-refractivity contribution is 0.394. The molecule has 1 fully saturated rings. The third-order valence-corrected chi connectivity index (χ3v) is 3.81. The quantitative estimate of drug-likeness (QED) is 0.605. The van der Waals surface area contributed by atoms with Crippen molar-refractivity contribution in [2.75, 3.05) is 6.54 Å². The van der Waals surface area contributed by atoms with Gasteiger partial charge in [0.1, 0.15) is 0 Å². The molecule has 0 heterocycles. The van der Waals surface area contributed by atoms with Crippen LogP contribution in [0, 0.1) is 5.92 Å². The van der Waals surface area contributed by atoms with Crippen molar-refractivity contribution in [1.82, 2.24) is 5.32 Å². The topological polar surface area (TPSA) is 12.0 Å². The Hall–Kier alpha value is -0.300. The summed E-state index contributed by atoms with van der Waals surface area (Å²) in [4.78, 5) is 0. The first-order valence-corrected chi connectivity index (χ1v) is 7.10. The Morgan fingerprint density at radius 3 is 2.56 bits per heavy atom. The zero-order valence-corrected chi connectivity index (χ0v) is 11.2. The molecule has 1 aliphatic rings. The zero-order valence-electron chi connectivity index (χ0n) is 11.2. The fourth-order valence-electron chi connectivity index (χ4n) is 2.79. The lowest BCUT2D eigenvalue weighted by Crippen LogP contribution is -2.29. The number of rotatable bonds is 8. The molecule has 0 aromatic rings. The van der Waals surface area contributed by atoms with E-state index in [-0.39, 0.29) is 0 Å². The van der Waals surface area contributed by atoms with Crippen molar-refractivity contribution in [3.8, 4) is 0 Å². The second kappa shape index (κ2) is 7.89. The van der Waals surface area contributed by atoms with E-state index in [1.807, 2.05) is 0 Å². The molecule has 94 valence electrons. The third kappa shape index (κ3) is 5.69. The van der Waals surface area contributed by atoms with Gasteiger partial charge in [-0.15, -0.1) is 6.58 Å². The Kier molecular flexibility index (Phi) is 6.79. The van der Waals surface area contributed by atoms with E-state index in [1.54, 1.807) is 0 Å². The molecule has 1 saturated carbocycles. The smallest absolute Gasteiger partial charge is 0.00700 e. The summed E-state index contributed by atoms with van der Waals surface area (Å²) in [6, 6.07) is 0.724. The lowest BCUT2D eigenvalue weighted by atomic mass is 9.95. The summed E-state index contributed by atoms with van der Waals surface area (Å²) in [5.74, 6) is 1.03. The Balaban J connectivity index is 2.17. The third-order valence-electron chi connectivity index (χ3n) is 3.81. The fourth-order valence-corrected chi connectivity index (χ4v) is 2.79. The van der Waals surface area contributed by atoms with Crippen LogP contribution >= 0.6 is 0 Å². The zero-order chi connectivity index (χ0) is 11.8. The van der Waals surface area contributed by atoms with E-state index in [1.165, 1.54) is 56.9 Å². The maximum absolute atomic E-state index is 4.00. The lowest BCUT2D eigenvalue weighted by Gasteiger charge is -2.19. The molecule has 1 nitrogen and oxygen atoms in total. The molecule has 0 bridgehead atoms. The van der Waals surface area contributed by atoms with Gasteiger partial charge in [-0.1, -0.05) is 38.2 Å². The largest absolute Gasteiger partial charge is 0.314 e. The first-order valence-electron chi connectivity index (χ1n) is 7.10. The second-order valence-corrected chi connectivity index (χ2v) is 5.48. The molecule has 0 amide bonds. The average Bonchev–Trinajstić information content (AvgIpc) is 2.75. The molecule has 1 unspecified atom stereocenters. The number of allylic oxidation sites excluding steroid dienone is 1. The molecule has 1 aliphatic carbocycles. The molecule has 0 aliphatic heterocycles. The minimum atomic E-state index is 0.724. The predicted octanol–water partition coefficient (Wildman–Crippen LogP) is 4.29. The van der Waals surface area contributed by atoms with Crippen molar-refractivity contribution >= 4 is 0 Å². The van der Waals surface area contributed by atoms with Crippen LogP contribution in [0.2, 0.25) is 0 Å². The van der Waals surface area contributed by atoms with Gasteiger partial charge in [-0.05, 0) is 45.1 Å². The Bertz CT molecular complexity index is 192. The maximum Gasteiger partial charge on any atom is 0.00700 e. The minimum Gasteiger partial charge on any atom is -0.314 e. The van der Waals surface area contributed by atoms with Crippen LogP contribution < -0.4 is 5.32 Å². The van der Waals surface area contributed by atoms with Crippen LogP contribution in [0.3, 0.4) is 0 Å². The highest BCUT2D eigenvalue weighted by Crippen LogP contribution is 2.29. The van der Waals surface area contributed by atoms with Gasteiger partial charge >= 0.3 is 0 Å². The minimum absolute atomic E-state index is 0.724. The Morgan fingerprint density at radius 1 is 1.31 bits per heavy atom. The highest BCUT2D eigenvalue weighted by Gasteiger charge is 2.16. The van der Waals surface area contributed by atoms with Crippen LogP contribution in [0.5, 0.6) is 0 Å². The Morgan fingerprint density at radius 2 is 2.00 bits per heavy atom. The SMILES string of the molecule is C=C(C)CCC(CCC1CCCC1)NCC. The van der Waals surface area contributed by atoms with Gasteiger partial charge in [0, 0.05) is 6.04 Å². The van der Waals surface area contributed by atoms with Crippen LogP contribution in [-0.4, -0.2) is 12.6 Å². The number of nitrogens with one attached hydrogen (secondary N) is 1. The van der Waals surface area contributed by atoms with Crippen molar-refractivity contribution in [1.29, 1.82) is 0 Å². The van der Waals surface area contributed by atoms with Gasteiger partial charge in [0.25, 0.3) is 0 Å². The second-order valence-electron chi connectivity index (χ2n) is 5.48. The highest BCUT2D eigenvalue weighted by molar-refractivity contribution is 4.89. The molecule has 0 spiro atoms. The summed E-state index contributed by atoms with van der Waals surface area (Å²) in [5, 5.41) is 3.62. The molecular weight excluding hydrogens is 194 g/mol. The summed E-state index contributed by atoms with van der Waals surface area (Å²) in [6.07, 6.45) is 11.2. The first kappa shape index (κ1) is 13.8. The van der Waals surface area contributed by atoms with Gasteiger partial charge in [-0.25, -0.2) is 0 Å². The monoisotopic (exact) mass is 223 g/mol. The van der Waals surface area contributed by atoms with Crippen LogP contribution in [0.25, 0.3) is 0 Å². The summed E-state index contributed by atoms with van der Waals surface area (Å²) in [7, 11) is 0. The van der Waals surface area contributed by atoms with Crippen LogP contribution in [0.15, 0.2) is 12.2 Å². The first-order chi connectivity index (χ1) is 7.72. The average molecular weight is 223 g/mol. The molecule has 1 heteroatoms. The van der Waals surface area contributed by atoms with Crippen molar-refractivity contribution in [3.05, 3.63) is 12.2 Å². The summed E-state index contributed by atoms with van der Waals surface area (Å²) < 4.78 is 0. The molecule has 0 saturated heterocycles. The molecule has 0 radical (unpaired) electrons.